The number of carboxylic acid groups (broad SMARTS) is 1. The smallest absolute Gasteiger partial charge is 0.308 e. The van der Waals surface area contributed by atoms with Gasteiger partial charge in [0.2, 0.25) is 0 Å². The molecule has 0 bridgehead atoms. The Hall–Kier alpha value is -0.750. The van der Waals surface area contributed by atoms with Gasteiger partial charge in [-0.25, -0.2) is 0 Å². The van der Waals surface area contributed by atoms with E-state index in [-0.39, 0.29) is 25.1 Å². The first-order chi connectivity index (χ1) is 7.07. The molecule has 88 valence electrons. The number of carboxylic acids is 1. The number of esters is 1. The maximum atomic E-state index is 10.9. The van der Waals surface area contributed by atoms with Crippen LogP contribution in [0.2, 0.25) is 0 Å². The quantitative estimate of drug-likeness (QED) is 0.385. The normalized spacial score (nSPS) is 12.1. The monoisotopic (exact) mass is 236 g/mol. The second-order valence-corrected chi connectivity index (χ2v) is 4.14. The molecule has 0 heterocycles. The van der Waals surface area contributed by atoms with Crippen molar-refractivity contribution in [3.05, 3.63) is 0 Å². The lowest BCUT2D eigenvalue weighted by atomic mass is 10.2. The van der Waals surface area contributed by atoms with E-state index in [2.05, 4.69) is 9.47 Å². The number of rotatable bonds is 8. The fraction of sp³-hybridized carbons (Fsp3) is 0.778. The van der Waals surface area contributed by atoms with Crippen LogP contribution in [0.15, 0.2) is 0 Å². The molecule has 0 fully saturated rings. The predicted molar refractivity (Wildman–Crippen MR) is 56.7 cm³/mol. The zero-order chi connectivity index (χ0) is 11.7. The van der Waals surface area contributed by atoms with Crippen LogP contribution in [0.3, 0.4) is 0 Å². The van der Waals surface area contributed by atoms with Gasteiger partial charge in [-0.3, -0.25) is 9.59 Å². The van der Waals surface area contributed by atoms with Crippen LogP contribution in [0.4, 0.5) is 0 Å². The van der Waals surface area contributed by atoms with E-state index in [0.717, 1.165) is 0 Å². The summed E-state index contributed by atoms with van der Waals surface area (Å²) in [4.78, 5) is 21.4. The third-order valence-corrected chi connectivity index (χ3v) is 2.81. The average molecular weight is 236 g/mol. The first kappa shape index (κ1) is 14.2. The average Bonchev–Trinajstić information content (AvgIpc) is 2.20. The first-order valence-electron chi connectivity index (χ1n) is 4.53. The van der Waals surface area contributed by atoms with Crippen LogP contribution >= 0.6 is 11.8 Å². The molecule has 0 spiro atoms. The maximum absolute atomic E-state index is 10.9. The minimum atomic E-state index is -0.815. The van der Waals surface area contributed by atoms with Crippen molar-refractivity contribution < 1.29 is 24.2 Å². The molecule has 0 amide bonds. The number of aliphatic carboxylic acids is 1. The Balaban J connectivity index is 3.38. The maximum Gasteiger partial charge on any atom is 0.308 e. The van der Waals surface area contributed by atoms with Crippen LogP contribution in [-0.2, 0) is 19.1 Å². The van der Waals surface area contributed by atoms with Crippen LogP contribution in [0.1, 0.15) is 13.3 Å². The molecule has 0 aliphatic carbocycles. The summed E-state index contributed by atoms with van der Waals surface area (Å²) in [5, 5.41) is 8.59. The Labute approximate surface area is 93.1 Å². The standard InChI is InChI=1S/C9H16O5S/c1-7(9(11)12)5-15-4-3-8(10)14-6-13-2/h7H,3-6H2,1-2H3,(H,11,12). The van der Waals surface area contributed by atoms with E-state index in [1.54, 1.807) is 6.92 Å². The molecule has 0 aromatic carbocycles. The van der Waals surface area contributed by atoms with Gasteiger partial charge in [-0.2, -0.15) is 11.8 Å². The van der Waals surface area contributed by atoms with Gasteiger partial charge in [0.25, 0.3) is 0 Å². The number of hydrogen-bond acceptors (Lipinski definition) is 5. The van der Waals surface area contributed by atoms with Gasteiger partial charge >= 0.3 is 11.9 Å². The third-order valence-electron chi connectivity index (χ3n) is 1.58. The molecule has 0 radical (unpaired) electrons. The molecule has 1 atom stereocenters. The number of ether oxygens (including phenoxy) is 2. The summed E-state index contributed by atoms with van der Waals surface area (Å²) in [6.07, 6.45) is 0.278. The zero-order valence-electron chi connectivity index (χ0n) is 8.89. The topological polar surface area (TPSA) is 72.8 Å². The van der Waals surface area contributed by atoms with Crippen LogP contribution in [-0.4, -0.2) is 42.5 Å². The largest absolute Gasteiger partial charge is 0.481 e. The van der Waals surface area contributed by atoms with Gasteiger partial charge in [-0.15, -0.1) is 0 Å². The first-order valence-corrected chi connectivity index (χ1v) is 5.68. The molecule has 15 heavy (non-hydrogen) atoms. The van der Waals surface area contributed by atoms with Crippen molar-refractivity contribution >= 4 is 23.7 Å². The van der Waals surface area contributed by atoms with Gasteiger partial charge in [0, 0.05) is 18.6 Å². The summed E-state index contributed by atoms with van der Waals surface area (Å²) < 4.78 is 9.22. The second kappa shape index (κ2) is 8.55. The van der Waals surface area contributed by atoms with Crippen molar-refractivity contribution in [3.8, 4) is 0 Å². The minimum Gasteiger partial charge on any atom is -0.481 e. The predicted octanol–water partition coefficient (Wildman–Crippen LogP) is 0.978. The molecule has 0 saturated heterocycles. The van der Waals surface area contributed by atoms with E-state index in [9.17, 15) is 9.59 Å². The van der Waals surface area contributed by atoms with E-state index in [1.807, 2.05) is 0 Å². The molecule has 5 nitrogen and oxygen atoms in total. The van der Waals surface area contributed by atoms with Gasteiger partial charge in [0.05, 0.1) is 12.3 Å². The minimum absolute atomic E-state index is 0.0327. The second-order valence-electron chi connectivity index (χ2n) is 2.99. The van der Waals surface area contributed by atoms with E-state index >= 15 is 0 Å². The summed E-state index contributed by atoms with van der Waals surface area (Å²) in [6.45, 7) is 1.60. The summed E-state index contributed by atoms with van der Waals surface area (Å²) in [5.74, 6) is -0.450. The Kier molecular flexibility index (Phi) is 8.12. The highest BCUT2D eigenvalue weighted by Crippen LogP contribution is 2.09. The molecule has 1 unspecified atom stereocenters. The molecule has 0 rings (SSSR count). The van der Waals surface area contributed by atoms with Crippen molar-refractivity contribution in [2.45, 2.75) is 13.3 Å². The van der Waals surface area contributed by atoms with Gasteiger partial charge < -0.3 is 14.6 Å². The number of carbonyl (C=O) groups excluding carboxylic acids is 1. The molecular weight excluding hydrogens is 220 g/mol. The fourth-order valence-electron chi connectivity index (χ4n) is 0.684. The molecule has 0 aromatic heterocycles. The molecule has 6 heteroatoms. The highest BCUT2D eigenvalue weighted by atomic mass is 32.2. The van der Waals surface area contributed by atoms with Crippen LogP contribution < -0.4 is 0 Å². The molecule has 1 N–H and O–H groups in total. The highest BCUT2D eigenvalue weighted by molar-refractivity contribution is 7.99. The van der Waals surface area contributed by atoms with E-state index in [4.69, 9.17) is 5.11 Å². The lowest BCUT2D eigenvalue weighted by Crippen LogP contribution is -2.13. The lowest BCUT2D eigenvalue weighted by molar-refractivity contribution is -0.153. The number of hydrogen-bond donors (Lipinski definition) is 1. The van der Waals surface area contributed by atoms with Gasteiger partial charge in [0.1, 0.15) is 0 Å². The number of thioether (sulfide) groups is 1. The summed E-state index contributed by atoms with van der Waals surface area (Å²) in [7, 11) is 1.44. The van der Waals surface area contributed by atoms with Gasteiger partial charge in [0.15, 0.2) is 6.79 Å². The van der Waals surface area contributed by atoms with Crippen molar-refractivity contribution in [1.29, 1.82) is 0 Å². The Morgan fingerprint density at radius 3 is 2.67 bits per heavy atom. The van der Waals surface area contributed by atoms with E-state index in [0.29, 0.717) is 11.5 Å². The number of carbonyl (C=O) groups is 2. The number of methoxy groups -OCH3 is 1. The van der Waals surface area contributed by atoms with E-state index < -0.39 is 5.97 Å². The Bertz CT molecular complexity index is 207. The summed E-state index contributed by atoms with van der Waals surface area (Å²) in [5.41, 5.74) is 0. The Morgan fingerprint density at radius 1 is 1.47 bits per heavy atom. The Morgan fingerprint density at radius 2 is 2.13 bits per heavy atom. The molecule has 0 aromatic rings. The van der Waals surface area contributed by atoms with Crippen LogP contribution in [0.25, 0.3) is 0 Å². The molecular formula is C9H16O5S. The van der Waals surface area contributed by atoms with Crippen LogP contribution in [0, 0.1) is 5.92 Å². The SMILES string of the molecule is COCOC(=O)CCSCC(C)C(=O)O. The fourth-order valence-corrected chi connectivity index (χ4v) is 1.66. The third kappa shape index (κ3) is 8.26. The zero-order valence-corrected chi connectivity index (χ0v) is 9.71. The molecule has 0 aliphatic heterocycles. The van der Waals surface area contributed by atoms with Crippen molar-refractivity contribution in [2.24, 2.45) is 5.92 Å². The van der Waals surface area contributed by atoms with Gasteiger partial charge in [-0.1, -0.05) is 6.92 Å². The van der Waals surface area contributed by atoms with E-state index in [1.165, 1.54) is 18.9 Å². The highest BCUT2D eigenvalue weighted by Gasteiger charge is 2.10. The van der Waals surface area contributed by atoms with Crippen molar-refractivity contribution in [1.82, 2.24) is 0 Å². The summed E-state index contributed by atoms with van der Waals surface area (Å²) in [6, 6.07) is 0. The van der Waals surface area contributed by atoms with Crippen molar-refractivity contribution in [2.75, 3.05) is 25.4 Å². The molecule has 0 aliphatic rings. The van der Waals surface area contributed by atoms with Gasteiger partial charge in [-0.05, 0) is 0 Å². The molecule has 0 saturated carbocycles. The lowest BCUT2D eigenvalue weighted by Gasteiger charge is -2.05. The summed E-state index contributed by atoms with van der Waals surface area (Å²) >= 11 is 1.43. The van der Waals surface area contributed by atoms with Crippen molar-refractivity contribution in [3.63, 3.8) is 0 Å². The van der Waals surface area contributed by atoms with Crippen LogP contribution in [0.5, 0.6) is 0 Å².